The molecule has 2 aromatic carbocycles. The van der Waals surface area contributed by atoms with Crippen molar-refractivity contribution in [2.75, 3.05) is 0 Å². The lowest BCUT2D eigenvalue weighted by Gasteiger charge is -2.02. The standard InChI is InChI=1S/C15H12O5S/c16-13-7-3-2-6-12(13)14(17)10-9-11-5-1-4-8-15(11)21(18,19)20/h1-10,16H,(H,18,19,20)/b10-9+. The summed E-state index contributed by atoms with van der Waals surface area (Å²) in [6, 6.07) is 11.8. The Bertz CT molecular complexity index is 806. The lowest BCUT2D eigenvalue weighted by atomic mass is 10.1. The number of phenolic OH excluding ortho intramolecular Hbond substituents is 1. The van der Waals surface area contributed by atoms with Crippen molar-refractivity contribution in [3.05, 3.63) is 65.7 Å². The molecule has 0 atom stereocenters. The predicted molar refractivity (Wildman–Crippen MR) is 77.7 cm³/mol. The van der Waals surface area contributed by atoms with Gasteiger partial charge >= 0.3 is 0 Å². The Morgan fingerprint density at radius 1 is 1.00 bits per heavy atom. The minimum absolute atomic E-state index is 0.109. The van der Waals surface area contributed by atoms with Gasteiger partial charge in [0.2, 0.25) is 0 Å². The lowest BCUT2D eigenvalue weighted by Crippen LogP contribution is -2.01. The number of ketones is 1. The summed E-state index contributed by atoms with van der Waals surface area (Å²) in [6.45, 7) is 0. The molecule has 2 aromatic rings. The number of phenols is 1. The molecule has 2 rings (SSSR count). The van der Waals surface area contributed by atoms with Crippen LogP contribution in [0.4, 0.5) is 0 Å². The van der Waals surface area contributed by atoms with Crippen LogP contribution in [0.3, 0.4) is 0 Å². The van der Waals surface area contributed by atoms with Crippen LogP contribution < -0.4 is 0 Å². The Morgan fingerprint density at radius 3 is 2.29 bits per heavy atom. The fourth-order valence-electron chi connectivity index (χ4n) is 1.79. The number of benzene rings is 2. The second-order valence-electron chi connectivity index (χ2n) is 4.23. The quantitative estimate of drug-likeness (QED) is 0.514. The van der Waals surface area contributed by atoms with E-state index in [1.54, 1.807) is 18.2 Å². The van der Waals surface area contributed by atoms with Crippen LogP contribution in [-0.4, -0.2) is 23.9 Å². The van der Waals surface area contributed by atoms with E-state index in [2.05, 4.69) is 0 Å². The summed E-state index contributed by atoms with van der Waals surface area (Å²) in [7, 11) is -4.37. The van der Waals surface area contributed by atoms with E-state index in [9.17, 15) is 18.3 Å². The largest absolute Gasteiger partial charge is 0.507 e. The van der Waals surface area contributed by atoms with Gasteiger partial charge in [-0.25, -0.2) is 0 Å². The van der Waals surface area contributed by atoms with Crippen molar-refractivity contribution < 1.29 is 22.9 Å². The van der Waals surface area contributed by atoms with E-state index in [4.69, 9.17) is 4.55 Å². The first kappa shape index (κ1) is 15.0. The van der Waals surface area contributed by atoms with Gasteiger partial charge in [0.15, 0.2) is 5.78 Å². The highest BCUT2D eigenvalue weighted by molar-refractivity contribution is 7.85. The second-order valence-corrected chi connectivity index (χ2v) is 5.62. The molecule has 0 spiro atoms. The number of hydrogen-bond donors (Lipinski definition) is 2. The van der Waals surface area contributed by atoms with Gasteiger partial charge < -0.3 is 5.11 Å². The summed E-state index contributed by atoms with van der Waals surface area (Å²) in [4.78, 5) is 11.7. The van der Waals surface area contributed by atoms with Gasteiger partial charge in [-0.3, -0.25) is 9.35 Å². The molecule has 0 radical (unpaired) electrons. The number of allylic oxidation sites excluding steroid dienone is 1. The molecule has 0 fully saturated rings. The van der Waals surface area contributed by atoms with Crippen LogP contribution in [0.2, 0.25) is 0 Å². The first-order chi connectivity index (χ1) is 9.89. The van der Waals surface area contributed by atoms with Crippen molar-refractivity contribution in [3.8, 4) is 5.75 Å². The molecule has 21 heavy (non-hydrogen) atoms. The Kier molecular flexibility index (Phi) is 4.21. The summed E-state index contributed by atoms with van der Waals surface area (Å²) in [5.41, 5.74) is 0.293. The van der Waals surface area contributed by atoms with E-state index >= 15 is 0 Å². The zero-order valence-electron chi connectivity index (χ0n) is 10.8. The smallest absolute Gasteiger partial charge is 0.295 e. The maximum Gasteiger partial charge on any atom is 0.295 e. The minimum Gasteiger partial charge on any atom is -0.507 e. The molecule has 0 unspecified atom stereocenters. The number of hydrogen-bond acceptors (Lipinski definition) is 4. The number of rotatable bonds is 4. The van der Waals surface area contributed by atoms with E-state index in [1.165, 1.54) is 36.4 Å². The zero-order chi connectivity index (χ0) is 15.5. The van der Waals surface area contributed by atoms with Crippen LogP contribution in [0, 0.1) is 0 Å². The molecule has 0 saturated carbocycles. The third-order valence-corrected chi connectivity index (χ3v) is 3.71. The van der Waals surface area contributed by atoms with Crippen molar-refractivity contribution >= 4 is 22.0 Å². The maximum atomic E-state index is 11.9. The van der Waals surface area contributed by atoms with Crippen LogP contribution in [0.15, 0.2) is 59.5 Å². The van der Waals surface area contributed by atoms with Crippen LogP contribution >= 0.6 is 0 Å². The molecule has 0 aromatic heterocycles. The monoisotopic (exact) mass is 304 g/mol. The van der Waals surface area contributed by atoms with Gasteiger partial charge in [-0.1, -0.05) is 30.3 Å². The SMILES string of the molecule is O=C(/C=C/c1ccccc1S(=O)(=O)O)c1ccccc1O. The zero-order valence-corrected chi connectivity index (χ0v) is 11.6. The van der Waals surface area contributed by atoms with Gasteiger partial charge in [-0.05, 0) is 35.9 Å². The Balaban J connectivity index is 2.35. The minimum atomic E-state index is -4.37. The molecule has 0 aliphatic carbocycles. The number of carbonyl (C=O) groups excluding carboxylic acids is 1. The molecule has 0 heterocycles. The molecule has 0 bridgehead atoms. The molecular weight excluding hydrogens is 292 g/mol. The topological polar surface area (TPSA) is 91.7 Å². The van der Waals surface area contributed by atoms with E-state index in [1.807, 2.05) is 0 Å². The summed E-state index contributed by atoms with van der Waals surface area (Å²) in [6.07, 6.45) is 2.41. The average Bonchev–Trinajstić information content (AvgIpc) is 2.44. The van der Waals surface area contributed by atoms with Gasteiger partial charge in [0, 0.05) is 0 Å². The summed E-state index contributed by atoms with van der Waals surface area (Å²) >= 11 is 0. The molecule has 0 amide bonds. The van der Waals surface area contributed by atoms with Crippen LogP contribution in [0.25, 0.3) is 6.08 Å². The molecule has 2 N–H and O–H groups in total. The van der Waals surface area contributed by atoms with Gasteiger partial charge in [0.05, 0.1) is 5.56 Å². The number of para-hydroxylation sites is 1. The Morgan fingerprint density at radius 2 is 1.62 bits per heavy atom. The fraction of sp³-hybridized carbons (Fsp3) is 0. The normalized spacial score (nSPS) is 11.7. The van der Waals surface area contributed by atoms with E-state index < -0.39 is 15.9 Å². The Hall–Kier alpha value is -2.44. The summed E-state index contributed by atoms with van der Waals surface area (Å²) < 4.78 is 31.5. The molecule has 0 aliphatic rings. The third kappa shape index (κ3) is 3.56. The molecule has 0 aliphatic heterocycles. The third-order valence-electron chi connectivity index (χ3n) is 2.78. The Labute approximate surface area is 121 Å². The number of carbonyl (C=O) groups is 1. The van der Waals surface area contributed by atoms with Gasteiger partial charge in [-0.2, -0.15) is 8.42 Å². The molecule has 6 heteroatoms. The first-order valence-electron chi connectivity index (χ1n) is 5.96. The van der Waals surface area contributed by atoms with E-state index in [0.717, 1.165) is 6.08 Å². The second kappa shape index (κ2) is 5.90. The maximum absolute atomic E-state index is 11.9. The lowest BCUT2D eigenvalue weighted by molar-refractivity contribution is 0.104. The highest BCUT2D eigenvalue weighted by Crippen LogP contribution is 2.19. The summed E-state index contributed by atoms with van der Waals surface area (Å²) in [5, 5.41) is 9.57. The van der Waals surface area contributed by atoms with Crippen LogP contribution in [0.1, 0.15) is 15.9 Å². The average molecular weight is 304 g/mol. The van der Waals surface area contributed by atoms with Crippen molar-refractivity contribution in [2.24, 2.45) is 0 Å². The van der Waals surface area contributed by atoms with Gasteiger partial charge in [0.25, 0.3) is 10.1 Å². The van der Waals surface area contributed by atoms with Crippen LogP contribution in [-0.2, 0) is 10.1 Å². The fourth-order valence-corrected chi connectivity index (χ4v) is 2.47. The van der Waals surface area contributed by atoms with Gasteiger partial charge in [0.1, 0.15) is 10.6 Å². The molecule has 108 valence electrons. The van der Waals surface area contributed by atoms with Crippen molar-refractivity contribution in [2.45, 2.75) is 4.90 Å². The summed E-state index contributed by atoms with van der Waals surface area (Å²) in [5.74, 6) is -0.631. The van der Waals surface area contributed by atoms with E-state index in [-0.39, 0.29) is 21.8 Å². The van der Waals surface area contributed by atoms with Crippen molar-refractivity contribution in [3.63, 3.8) is 0 Å². The van der Waals surface area contributed by atoms with Crippen LogP contribution in [0.5, 0.6) is 5.75 Å². The van der Waals surface area contributed by atoms with Crippen molar-refractivity contribution in [1.29, 1.82) is 0 Å². The van der Waals surface area contributed by atoms with Gasteiger partial charge in [-0.15, -0.1) is 0 Å². The van der Waals surface area contributed by atoms with E-state index in [0.29, 0.717) is 0 Å². The molecule has 0 saturated heterocycles. The highest BCUT2D eigenvalue weighted by Gasteiger charge is 2.13. The number of aromatic hydroxyl groups is 1. The first-order valence-corrected chi connectivity index (χ1v) is 7.40. The highest BCUT2D eigenvalue weighted by atomic mass is 32.2. The van der Waals surface area contributed by atoms with Crippen molar-refractivity contribution in [1.82, 2.24) is 0 Å². The molecule has 5 nitrogen and oxygen atoms in total. The predicted octanol–water partition coefficient (Wildman–Crippen LogP) is 2.54. The molecular formula is C15H12O5S.